The molecule has 98 valence electrons. The van der Waals surface area contributed by atoms with Crippen LogP contribution in [0.15, 0.2) is 42.5 Å². The van der Waals surface area contributed by atoms with E-state index in [9.17, 15) is 0 Å². The monoisotopic (exact) mass is 271 g/mol. The Balaban J connectivity index is 1.80. The number of hydrogen-bond donors (Lipinski definition) is 1. The van der Waals surface area contributed by atoms with Crippen LogP contribution in [0.4, 0.5) is 0 Å². The van der Waals surface area contributed by atoms with Gasteiger partial charge in [-0.15, -0.1) is 0 Å². The second-order valence-electron chi connectivity index (χ2n) is 5.31. The van der Waals surface area contributed by atoms with Crippen molar-refractivity contribution in [2.75, 3.05) is 0 Å². The van der Waals surface area contributed by atoms with Crippen LogP contribution in [0.1, 0.15) is 24.0 Å². The zero-order valence-electron chi connectivity index (χ0n) is 11.1. The lowest BCUT2D eigenvalue weighted by molar-refractivity contribution is 0.687. The zero-order valence-corrected chi connectivity index (χ0v) is 11.9. The van der Waals surface area contributed by atoms with Crippen molar-refractivity contribution in [2.24, 2.45) is 0 Å². The van der Waals surface area contributed by atoms with Crippen LogP contribution < -0.4 is 5.32 Å². The Bertz CT molecular complexity index is 570. The number of rotatable bonds is 4. The molecule has 0 unspecified atom stereocenters. The fraction of sp³-hybridized carbons (Fsp3) is 0.294. The zero-order chi connectivity index (χ0) is 13.2. The van der Waals surface area contributed by atoms with Crippen molar-refractivity contribution in [2.45, 2.75) is 32.4 Å². The number of benzene rings is 2. The largest absolute Gasteiger partial charge is 0.310 e. The van der Waals surface area contributed by atoms with E-state index in [0.717, 1.165) is 17.6 Å². The molecule has 1 fully saturated rings. The number of halogens is 1. The van der Waals surface area contributed by atoms with Crippen LogP contribution in [-0.2, 0) is 6.54 Å². The van der Waals surface area contributed by atoms with Gasteiger partial charge in [-0.2, -0.15) is 0 Å². The molecular weight excluding hydrogens is 254 g/mol. The summed E-state index contributed by atoms with van der Waals surface area (Å²) in [7, 11) is 0. The Morgan fingerprint density at radius 1 is 1.11 bits per heavy atom. The smallest absolute Gasteiger partial charge is 0.0406 e. The van der Waals surface area contributed by atoms with Gasteiger partial charge in [-0.3, -0.25) is 0 Å². The van der Waals surface area contributed by atoms with Gasteiger partial charge in [-0.1, -0.05) is 41.9 Å². The van der Waals surface area contributed by atoms with E-state index in [1.165, 1.54) is 35.1 Å². The Labute approximate surface area is 119 Å². The SMILES string of the molecule is Cc1cc(CNC2CC2)ccc1-c1ccc(Cl)cc1. The lowest BCUT2D eigenvalue weighted by Crippen LogP contribution is -2.15. The first kappa shape index (κ1) is 12.7. The van der Waals surface area contributed by atoms with Crippen LogP contribution in [0.25, 0.3) is 11.1 Å². The molecule has 0 saturated heterocycles. The molecule has 0 aliphatic heterocycles. The Morgan fingerprint density at radius 2 is 1.84 bits per heavy atom. The maximum atomic E-state index is 5.93. The summed E-state index contributed by atoms with van der Waals surface area (Å²) in [4.78, 5) is 0. The second kappa shape index (κ2) is 5.36. The van der Waals surface area contributed by atoms with Gasteiger partial charge in [0, 0.05) is 17.6 Å². The fourth-order valence-electron chi connectivity index (χ4n) is 2.34. The van der Waals surface area contributed by atoms with E-state index < -0.39 is 0 Å². The van der Waals surface area contributed by atoms with E-state index in [-0.39, 0.29) is 0 Å². The topological polar surface area (TPSA) is 12.0 Å². The second-order valence-corrected chi connectivity index (χ2v) is 5.75. The lowest BCUT2D eigenvalue weighted by Gasteiger charge is -2.10. The average molecular weight is 272 g/mol. The quantitative estimate of drug-likeness (QED) is 0.859. The minimum atomic E-state index is 0.760. The molecule has 0 radical (unpaired) electrons. The molecule has 1 saturated carbocycles. The fourth-order valence-corrected chi connectivity index (χ4v) is 2.46. The van der Waals surface area contributed by atoms with E-state index >= 15 is 0 Å². The van der Waals surface area contributed by atoms with Crippen molar-refractivity contribution in [1.29, 1.82) is 0 Å². The summed E-state index contributed by atoms with van der Waals surface area (Å²) in [5.74, 6) is 0. The highest BCUT2D eigenvalue weighted by molar-refractivity contribution is 6.30. The van der Waals surface area contributed by atoms with Crippen LogP contribution in [0.5, 0.6) is 0 Å². The van der Waals surface area contributed by atoms with E-state index in [4.69, 9.17) is 11.6 Å². The third-order valence-electron chi connectivity index (χ3n) is 3.62. The molecule has 0 atom stereocenters. The van der Waals surface area contributed by atoms with Crippen molar-refractivity contribution in [3.05, 3.63) is 58.6 Å². The molecule has 0 bridgehead atoms. The van der Waals surface area contributed by atoms with Crippen molar-refractivity contribution in [3.63, 3.8) is 0 Å². The number of aryl methyl sites for hydroxylation is 1. The highest BCUT2D eigenvalue weighted by Gasteiger charge is 2.19. The standard InChI is InChI=1S/C17H18ClN/c1-12-10-13(11-19-16-7-8-16)2-9-17(12)14-3-5-15(18)6-4-14/h2-6,9-10,16,19H,7-8,11H2,1H3. The van der Waals surface area contributed by atoms with Crippen LogP contribution in [0, 0.1) is 6.92 Å². The first-order valence-electron chi connectivity index (χ1n) is 6.81. The van der Waals surface area contributed by atoms with E-state index in [1.807, 2.05) is 12.1 Å². The van der Waals surface area contributed by atoms with Crippen LogP contribution in [0.2, 0.25) is 5.02 Å². The van der Waals surface area contributed by atoms with Gasteiger partial charge in [0.15, 0.2) is 0 Å². The molecule has 2 aromatic carbocycles. The van der Waals surface area contributed by atoms with Gasteiger partial charge in [-0.25, -0.2) is 0 Å². The van der Waals surface area contributed by atoms with Crippen molar-refractivity contribution < 1.29 is 0 Å². The molecule has 0 amide bonds. The van der Waals surface area contributed by atoms with Crippen molar-refractivity contribution >= 4 is 11.6 Å². The van der Waals surface area contributed by atoms with E-state index in [0.29, 0.717) is 0 Å². The molecule has 2 heteroatoms. The predicted octanol–water partition coefficient (Wildman–Crippen LogP) is 4.57. The molecule has 1 aliphatic carbocycles. The summed E-state index contributed by atoms with van der Waals surface area (Å²) in [6.07, 6.45) is 2.67. The van der Waals surface area contributed by atoms with E-state index in [1.54, 1.807) is 0 Å². The molecule has 1 nitrogen and oxygen atoms in total. The van der Waals surface area contributed by atoms with Crippen LogP contribution in [-0.4, -0.2) is 6.04 Å². The number of hydrogen-bond acceptors (Lipinski definition) is 1. The van der Waals surface area contributed by atoms with Gasteiger partial charge in [0.1, 0.15) is 0 Å². The normalized spacial score (nSPS) is 14.6. The molecule has 3 rings (SSSR count). The Morgan fingerprint density at radius 3 is 2.47 bits per heavy atom. The molecular formula is C17H18ClN. The molecule has 0 aromatic heterocycles. The molecule has 1 aliphatic rings. The summed E-state index contributed by atoms with van der Waals surface area (Å²) in [5, 5.41) is 4.33. The third kappa shape index (κ3) is 3.17. The average Bonchev–Trinajstić information content (AvgIpc) is 3.22. The lowest BCUT2D eigenvalue weighted by atomic mass is 9.98. The van der Waals surface area contributed by atoms with Gasteiger partial charge in [0.25, 0.3) is 0 Å². The molecule has 0 heterocycles. The van der Waals surface area contributed by atoms with Gasteiger partial charge in [0.05, 0.1) is 0 Å². The summed E-state index contributed by atoms with van der Waals surface area (Å²) < 4.78 is 0. The third-order valence-corrected chi connectivity index (χ3v) is 3.87. The first-order chi connectivity index (χ1) is 9.22. The predicted molar refractivity (Wildman–Crippen MR) is 81.5 cm³/mol. The Kier molecular flexibility index (Phi) is 3.58. The highest BCUT2D eigenvalue weighted by atomic mass is 35.5. The molecule has 0 spiro atoms. The van der Waals surface area contributed by atoms with Gasteiger partial charge < -0.3 is 5.32 Å². The Hall–Kier alpha value is -1.31. The minimum Gasteiger partial charge on any atom is -0.310 e. The highest BCUT2D eigenvalue weighted by Crippen LogP contribution is 2.26. The van der Waals surface area contributed by atoms with E-state index in [2.05, 4.69) is 42.6 Å². The maximum Gasteiger partial charge on any atom is 0.0406 e. The molecule has 2 aromatic rings. The summed E-state index contributed by atoms with van der Waals surface area (Å²) in [5.41, 5.74) is 5.19. The number of nitrogens with one attached hydrogen (secondary N) is 1. The summed E-state index contributed by atoms with van der Waals surface area (Å²) in [6, 6.07) is 15.5. The van der Waals surface area contributed by atoms with Crippen molar-refractivity contribution in [3.8, 4) is 11.1 Å². The summed E-state index contributed by atoms with van der Waals surface area (Å²) >= 11 is 5.93. The molecule has 1 N–H and O–H groups in total. The van der Waals surface area contributed by atoms with Crippen LogP contribution in [0.3, 0.4) is 0 Å². The van der Waals surface area contributed by atoms with Crippen LogP contribution >= 0.6 is 11.6 Å². The summed E-state index contributed by atoms with van der Waals surface area (Å²) in [6.45, 7) is 3.15. The van der Waals surface area contributed by atoms with Gasteiger partial charge in [0.2, 0.25) is 0 Å². The van der Waals surface area contributed by atoms with Crippen molar-refractivity contribution in [1.82, 2.24) is 5.32 Å². The maximum absolute atomic E-state index is 5.93. The van der Waals surface area contributed by atoms with Gasteiger partial charge in [-0.05, 0) is 54.2 Å². The van der Waals surface area contributed by atoms with Gasteiger partial charge >= 0.3 is 0 Å². The minimum absolute atomic E-state index is 0.760. The molecule has 19 heavy (non-hydrogen) atoms. The first-order valence-corrected chi connectivity index (χ1v) is 7.19.